The summed E-state index contributed by atoms with van der Waals surface area (Å²) in [5.74, 6) is 0. The third kappa shape index (κ3) is 4.79. The molecule has 0 fully saturated rings. The molecule has 0 radical (unpaired) electrons. The van der Waals surface area contributed by atoms with Crippen molar-refractivity contribution in [2.24, 2.45) is 5.73 Å². The number of halogens is 1. The summed E-state index contributed by atoms with van der Waals surface area (Å²) in [5, 5.41) is 11.4. The van der Waals surface area contributed by atoms with Crippen LogP contribution in [0.3, 0.4) is 0 Å². The van der Waals surface area contributed by atoms with E-state index < -0.39 is 20.6 Å². The lowest BCUT2D eigenvalue weighted by Crippen LogP contribution is -2.35. The number of aryl methyl sites for hydroxylation is 2. The number of nitrogens with zero attached hydrogens (tertiary/aromatic N) is 2. The number of rotatable bonds is 7. The highest BCUT2D eigenvalue weighted by Gasteiger charge is 2.32. The maximum atomic E-state index is 13.1. The minimum atomic E-state index is -4.06. The summed E-state index contributed by atoms with van der Waals surface area (Å²) in [7, 11) is -4.06. The third-order valence-corrected chi connectivity index (χ3v) is 5.84. The fourth-order valence-electron chi connectivity index (χ4n) is 2.48. The molecule has 0 atom stereocenters. The molecule has 2 aromatic rings. The molecule has 2 N–H and O–H groups in total. The molecule has 2 aromatic carbocycles. The monoisotopic (exact) mass is 399 g/mol. The van der Waals surface area contributed by atoms with Gasteiger partial charge in [-0.3, -0.25) is 10.1 Å². The van der Waals surface area contributed by atoms with Crippen molar-refractivity contribution in [2.45, 2.75) is 25.3 Å². The molecule has 2 rings (SSSR count). The van der Waals surface area contributed by atoms with Gasteiger partial charge in [0.2, 0.25) is 10.0 Å². The van der Waals surface area contributed by atoms with Gasteiger partial charge in [0.15, 0.2) is 4.90 Å². The molecule has 0 aromatic heterocycles. The van der Waals surface area contributed by atoms with Gasteiger partial charge >= 0.3 is 0 Å². The third-order valence-electron chi connectivity index (χ3n) is 3.97. The van der Waals surface area contributed by atoms with Gasteiger partial charge in [-0.05, 0) is 36.6 Å². The highest BCUT2D eigenvalue weighted by atomic mass is 35.5. The Labute approximate surface area is 159 Å². The number of hydrogen-bond acceptors (Lipinski definition) is 5. The van der Waals surface area contributed by atoms with Gasteiger partial charge in [-0.2, -0.15) is 4.31 Å². The van der Waals surface area contributed by atoms with Crippen LogP contribution in [0.2, 0.25) is 0 Å². The van der Waals surface area contributed by atoms with Gasteiger partial charge in [0.25, 0.3) is 5.69 Å². The van der Waals surface area contributed by atoms with Crippen molar-refractivity contribution in [1.82, 2.24) is 4.31 Å². The zero-order valence-electron chi connectivity index (χ0n) is 14.6. The van der Waals surface area contributed by atoms with Crippen LogP contribution >= 0.6 is 12.4 Å². The zero-order valence-corrected chi connectivity index (χ0v) is 16.2. The Bertz CT molecular complexity index is 873. The first-order chi connectivity index (χ1) is 11.8. The summed E-state index contributed by atoms with van der Waals surface area (Å²) in [6.45, 7) is 3.72. The Morgan fingerprint density at radius 2 is 1.69 bits per heavy atom. The largest absolute Gasteiger partial charge is 0.329 e. The Morgan fingerprint density at radius 1 is 1.12 bits per heavy atom. The Kier molecular flexibility index (Phi) is 7.70. The molecule has 7 nitrogen and oxygen atoms in total. The summed E-state index contributed by atoms with van der Waals surface area (Å²) in [4.78, 5) is 10.4. The van der Waals surface area contributed by atoms with E-state index in [4.69, 9.17) is 5.73 Å². The molecule has 0 heterocycles. The molecule has 0 aliphatic rings. The average Bonchev–Trinajstić information content (AvgIpc) is 2.57. The van der Waals surface area contributed by atoms with Gasteiger partial charge in [0.1, 0.15) is 0 Å². The molecule has 0 spiro atoms. The summed E-state index contributed by atoms with van der Waals surface area (Å²) < 4.78 is 27.3. The molecule has 0 aliphatic carbocycles. The van der Waals surface area contributed by atoms with Crippen LogP contribution in [-0.2, 0) is 16.6 Å². The smallest absolute Gasteiger partial charge is 0.289 e. The van der Waals surface area contributed by atoms with Gasteiger partial charge in [-0.15, -0.1) is 12.4 Å². The molecule has 0 saturated carbocycles. The van der Waals surface area contributed by atoms with Gasteiger partial charge in [-0.1, -0.05) is 30.3 Å². The summed E-state index contributed by atoms with van der Waals surface area (Å²) in [6, 6.07) is 11.7. The van der Waals surface area contributed by atoms with E-state index in [1.54, 1.807) is 38.1 Å². The molecule has 142 valence electrons. The first-order valence-corrected chi connectivity index (χ1v) is 9.21. The van der Waals surface area contributed by atoms with Crippen molar-refractivity contribution >= 4 is 28.1 Å². The topological polar surface area (TPSA) is 107 Å². The van der Waals surface area contributed by atoms with Crippen molar-refractivity contribution in [2.75, 3.05) is 13.1 Å². The second-order valence-electron chi connectivity index (χ2n) is 5.77. The minimum Gasteiger partial charge on any atom is -0.329 e. The van der Waals surface area contributed by atoms with E-state index in [9.17, 15) is 18.5 Å². The SMILES string of the molecule is Cc1cc([N+](=O)[O-])c(S(=O)(=O)N(CCN)Cc2ccccc2)cc1C.Cl. The van der Waals surface area contributed by atoms with E-state index in [1.165, 1.54) is 16.4 Å². The first-order valence-electron chi connectivity index (χ1n) is 7.77. The maximum absolute atomic E-state index is 13.1. The lowest BCUT2D eigenvalue weighted by atomic mass is 10.1. The predicted molar refractivity (Wildman–Crippen MR) is 103 cm³/mol. The molecule has 0 amide bonds. The molecular formula is C17H22ClN3O4S. The van der Waals surface area contributed by atoms with Gasteiger partial charge in [0.05, 0.1) is 4.92 Å². The molecule has 0 bridgehead atoms. The highest BCUT2D eigenvalue weighted by molar-refractivity contribution is 7.89. The van der Waals surface area contributed by atoms with Crippen molar-refractivity contribution in [3.63, 3.8) is 0 Å². The van der Waals surface area contributed by atoms with Gasteiger partial charge in [0, 0.05) is 25.7 Å². The number of nitro groups is 1. The molecule has 0 saturated heterocycles. The quantitative estimate of drug-likeness (QED) is 0.569. The van der Waals surface area contributed by atoms with Crippen molar-refractivity contribution in [1.29, 1.82) is 0 Å². The van der Waals surface area contributed by atoms with E-state index in [1.807, 2.05) is 6.07 Å². The number of nitro benzene ring substituents is 1. The minimum absolute atomic E-state index is 0. The Morgan fingerprint density at radius 3 is 2.23 bits per heavy atom. The lowest BCUT2D eigenvalue weighted by Gasteiger charge is -2.22. The fraction of sp³-hybridized carbons (Fsp3) is 0.294. The predicted octanol–water partition coefficient (Wildman–Crippen LogP) is 2.78. The van der Waals surface area contributed by atoms with Crippen LogP contribution in [0, 0.1) is 24.0 Å². The standard InChI is InChI=1S/C17H21N3O4S.ClH/c1-13-10-16(20(21)22)17(11-14(13)2)25(23,24)19(9-8-18)12-15-6-4-3-5-7-15;/h3-7,10-11H,8-9,12,18H2,1-2H3;1H. The first kappa shape index (κ1) is 22.0. The van der Waals surface area contributed by atoms with E-state index >= 15 is 0 Å². The van der Waals surface area contributed by atoms with Crippen LogP contribution in [0.1, 0.15) is 16.7 Å². The van der Waals surface area contributed by atoms with Crippen molar-refractivity contribution in [3.8, 4) is 0 Å². The van der Waals surface area contributed by atoms with Gasteiger partial charge < -0.3 is 5.73 Å². The van der Waals surface area contributed by atoms with Crippen LogP contribution in [0.25, 0.3) is 0 Å². The lowest BCUT2D eigenvalue weighted by molar-refractivity contribution is -0.387. The average molecular weight is 400 g/mol. The van der Waals surface area contributed by atoms with E-state index in [0.717, 1.165) is 5.56 Å². The van der Waals surface area contributed by atoms with Crippen LogP contribution in [0.4, 0.5) is 5.69 Å². The zero-order chi connectivity index (χ0) is 18.6. The Balaban J connectivity index is 0.00000338. The number of nitrogens with two attached hydrogens (primary N) is 1. The summed E-state index contributed by atoms with van der Waals surface area (Å²) in [6.07, 6.45) is 0. The van der Waals surface area contributed by atoms with Crippen LogP contribution in [0.15, 0.2) is 47.4 Å². The molecule has 0 unspecified atom stereocenters. The second-order valence-corrected chi connectivity index (χ2v) is 7.68. The summed E-state index contributed by atoms with van der Waals surface area (Å²) >= 11 is 0. The van der Waals surface area contributed by atoms with Crippen LogP contribution < -0.4 is 5.73 Å². The summed E-state index contributed by atoms with van der Waals surface area (Å²) in [5.41, 5.74) is 7.28. The van der Waals surface area contributed by atoms with Crippen molar-refractivity contribution in [3.05, 3.63) is 69.3 Å². The van der Waals surface area contributed by atoms with Gasteiger partial charge in [-0.25, -0.2) is 8.42 Å². The highest BCUT2D eigenvalue weighted by Crippen LogP contribution is 2.30. The van der Waals surface area contributed by atoms with E-state index in [-0.39, 0.29) is 36.9 Å². The second kappa shape index (κ2) is 9.09. The molecule has 26 heavy (non-hydrogen) atoms. The number of sulfonamides is 1. The van der Waals surface area contributed by atoms with E-state index in [0.29, 0.717) is 11.1 Å². The van der Waals surface area contributed by atoms with E-state index in [2.05, 4.69) is 0 Å². The van der Waals surface area contributed by atoms with Crippen LogP contribution in [-0.4, -0.2) is 30.7 Å². The maximum Gasteiger partial charge on any atom is 0.289 e. The molecule has 9 heteroatoms. The Hall–Kier alpha value is -2.00. The molecular weight excluding hydrogens is 378 g/mol. The van der Waals surface area contributed by atoms with Crippen molar-refractivity contribution < 1.29 is 13.3 Å². The number of hydrogen-bond donors (Lipinski definition) is 1. The fourth-order valence-corrected chi connectivity index (χ4v) is 4.14. The molecule has 0 aliphatic heterocycles. The van der Waals surface area contributed by atoms with Crippen LogP contribution in [0.5, 0.6) is 0 Å². The normalized spacial score (nSPS) is 11.2. The number of benzene rings is 2.